The average Bonchev–Trinajstić information content (AvgIpc) is 3.02. The number of carbonyl (C=O) groups is 2. The van der Waals surface area contributed by atoms with Crippen LogP contribution < -0.4 is 5.43 Å². The fraction of sp³-hybridized carbons (Fsp3) is 0.158. The number of nitrogens with one attached hydrogen (secondary N) is 1. The summed E-state index contributed by atoms with van der Waals surface area (Å²) < 4.78 is 1.69. The van der Waals surface area contributed by atoms with Crippen molar-refractivity contribution >= 4 is 35.5 Å². The van der Waals surface area contributed by atoms with Gasteiger partial charge in [0.1, 0.15) is 10.7 Å². The van der Waals surface area contributed by atoms with Gasteiger partial charge in [-0.15, -0.1) is 0 Å². The van der Waals surface area contributed by atoms with Gasteiger partial charge in [-0.05, 0) is 31.0 Å². The minimum atomic E-state index is -1.13. The lowest BCUT2D eigenvalue weighted by molar-refractivity contribution is -0.118. The lowest BCUT2D eigenvalue weighted by Gasteiger charge is -2.03. The van der Waals surface area contributed by atoms with E-state index in [0.717, 1.165) is 28.5 Å². The van der Waals surface area contributed by atoms with Gasteiger partial charge >= 0.3 is 5.97 Å². The number of aromatic nitrogens is 2. The van der Waals surface area contributed by atoms with Gasteiger partial charge in [-0.25, -0.2) is 15.2 Å². The van der Waals surface area contributed by atoms with Crippen molar-refractivity contribution in [3.63, 3.8) is 0 Å². The SMILES string of the molecule is Cc1ccc(/C=N/NC(=O)CSc2c(C(=O)O)nc3c(C)cccn23)cc1. The molecule has 3 rings (SSSR count). The summed E-state index contributed by atoms with van der Waals surface area (Å²) >= 11 is 1.11. The third kappa shape index (κ3) is 4.35. The first-order valence-electron chi connectivity index (χ1n) is 8.18. The molecule has 0 saturated carbocycles. The Balaban J connectivity index is 1.68. The van der Waals surface area contributed by atoms with E-state index in [0.29, 0.717) is 10.7 Å². The Morgan fingerprint density at radius 1 is 1.26 bits per heavy atom. The van der Waals surface area contributed by atoms with Crippen molar-refractivity contribution in [1.82, 2.24) is 14.8 Å². The number of hydrogen-bond acceptors (Lipinski definition) is 5. The normalized spacial score (nSPS) is 11.2. The molecular weight excluding hydrogens is 364 g/mol. The lowest BCUT2D eigenvalue weighted by atomic mass is 10.2. The van der Waals surface area contributed by atoms with Crippen LogP contribution in [0.15, 0.2) is 52.7 Å². The highest BCUT2D eigenvalue weighted by atomic mass is 32.2. The van der Waals surface area contributed by atoms with Crippen LogP contribution in [0.5, 0.6) is 0 Å². The molecule has 2 heterocycles. The molecule has 0 aliphatic heterocycles. The minimum Gasteiger partial charge on any atom is -0.476 e. The number of hydrogen-bond donors (Lipinski definition) is 2. The minimum absolute atomic E-state index is 0.0211. The van der Waals surface area contributed by atoms with Crippen LogP contribution in [0.25, 0.3) is 5.65 Å². The van der Waals surface area contributed by atoms with E-state index in [9.17, 15) is 14.7 Å². The zero-order valence-corrected chi connectivity index (χ0v) is 15.7. The van der Waals surface area contributed by atoms with E-state index >= 15 is 0 Å². The Kier molecular flexibility index (Phi) is 5.56. The molecule has 138 valence electrons. The summed E-state index contributed by atoms with van der Waals surface area (Å²) in [6, 6.07) is 11.4. The summed E-state index contributed by atoms with van der Waals surface area (Å²) in [6.07, 6.45) is 3.29. The van der Waals surface area contributed by atoms with E-state index < -0.39 is 5.97 Å². The second kappa shape index (κ2) is 8.05. The smallest absolute Gasteiger partial charge is 0.357 e. The summed E-state index contributed by atoms with van der Waals surface area (Å²) in [6.45, 7) is 3.85. The zero-order valence-electron chi connectivity index (χ0n) is 14.8. The van der Waals surface area contributed by atoms with Gasteiger partial charge in [0.05, 0.1) is 12.0 Å². The number of hydrazone groups is 1. The molecule has 0 atom stereocenters. The molecule has 1 aromatic carbocycles. The Morgan fingerprint density at radius 2 is 2.00 bits per heavy atom. The first-order chi connectivity index (χ1) is 13.0. The van der Waals surface area contributed by atoms with Gasteiger partial charge in [-0.1, -0.05) is 47.7 Å². The summed E-state index contributed by atoms with van der Waals surface area (Å²) in [5.41, 5.74) is 5.83. The molecule has 2 N–H and O–H groups in total. The number of nitrogens with zero attached hydrogens (tertiary/aromatic N) is 3. The number of carbonyl (C=O) groups excluding carboxylic acids is 1. The van der Waals surface area contributed by atoms with Gasteiger partial charge in [0.15, 0.2) is 5.69 Å². The molecule has 7 nitrogen and oxygen atoms in total. The fourth-order valence-corrected chi connectivity index (χ4v) is 3.35. The number of fused-ring (bicyclic) bond motifs is 1. The summed E-state index contributed by atoms with van der Waals surface area (Å²) in [7, 11) is 0. The molecule has 3 aromatic rings. The third-order valence-corrected chi connectivity index (χ3v) is 4.89. The van der Waals surface area contributed by atoms with Crippen molar-refractivity contribution < 1.29 is 14.7 Å². The second-order valence-corrected chi connectivity index (χ2v) is 6.91. The molecule has 1 amide bonds. The topological polar surface area (TPSA) is 96.1 Å². The molecule has 0 radical (unpaired) electrons. The maximum Gasteiger partial charge on any atom is 0.357 e. The molecule has 0 spiro atoms. The van der Waals surface area contributed by atoms with Crippen LogP contribution in [0, 0.1) is 13.8 Å². The number of imidazole rings is 1. The summed E-state index contributed by atoms with van der Waals surface area (Å²) in [5, 5.41) is 13.7. The number of benzene rings is 1. The predicted octanol–water partition coefficient (Wildman–Crippen LogP) is 2.89. The molecule has 0 saturated heterocycles. The standard InChI is InChI=1S/C19H18N4O3S/c1-12-5-7-14(8-6-12)10-20-22-15(24)11-27-18-16(19(25)26)21-17-13(2)4-3-9-23(17)18/h3-10H,11H2,1-2H3,(H,22,24)(H,25,26)/b20-10+. The molecule has 0 aliphatic carbocycles. The number of aryl methyl sites for hydroxylation is 2. The monoisotopic (exact) mass is 382 g/mol. The number of carboxylic acids is 1. The third-order valence-electron chi connectivity index (χ3n) is 3.82. The van der Waals surface area contributed by atoms with Crippen LogP contribution in [0.3, 0.4) is 0 Å². The molecule has 27 heavy (non-hydrogen) atoms. The molecule has 2 aromatic heterocycles. The van der Waals surface area contributed by atoms with Crippen molar-refractivity contribution in [2.75, 3.05) is 5.75 Å². The van der Waals surface area contributed by atoms with Crippen molar-refractivity contribution in [2.45, 2.75) is 18.9 Å². The molecule has 0 aliphatic rings. The highest BCUT2D eigenvalue weighted by Crippen LogP contribution is 2.25. The van der Waals surface area contributed by atoms with Crippen LogP contribution >= 0.6 is 11.8 Å². The molecular formula is C19H18N4O3S. The van der Waals surface area contributed by atoms with E-state index in [-0.39, 0.29) is 17.4 Å². The average molecular weight is 382 g/mol. The number of rotatable bonds is 6. The van der Waals surface area contributed by atoms with Crippen LogP contribution in [0.1, 0.15) is 27.2 Å². The van der Waals surface area contributed by atoms with E-state index in [2.05, 4.69) is 15.5 Å². The summed E-state index contributed by atoms with van der Waals surface area (Å²) in [5.74, 6) is -1.44. The first-order valence-corrected chi connectivity index (χ1v) is 9.16. The van der Waals surface area contributed by atoms with Gasteiger partial charge < -0.3 is 5.11 Å². The Hall–Kier alpha value is -3.13. The highest BCUT2D eigenvalue weighted by molar-refractivity contribution is 8.00. The maximum atomic E-state index is 12.0. The van der Waals surface area contributed by atoms with Crippen LogP contribution in [0.2, 0.25) is 0 Å². The Labute approximate surface area is 160 Å². The van der Waals surface area contributed by atoms with E-state index in [1.165, 1.54) is 0 Å². The van der Waals surface area contributed by atoms with Gasteiger partial charge in [-0.2, -0.15) is 5.10 Å². The molecule has 0 fully saturated rings. The molecule has 0 unspecified atom stereocenters. The first kappa shape index (κ1) is 18.7. The number of carboxylic acid groups (broad SMARTS) is 1. The highest BCUT2D eigenvalue weighted by Gasteiger charge is 2.20. The number of amides is 1. The largest absolute Gasteiger partial charge is 0.476 e. The van der Waals surface area contributed by atoms with Crippen molar-refractivity contribution in [1.29, 1.82) is 0 Å². The zero-order chi connectivity index (χ0) is 19.4. The summed E-state index contributed by atoms with van der Waals surface area (Å²) in [4.78, 5) is 27.7. The number of thioether (sulfide) groups is 1. The quantitative estimate of drug-likeness (QED) is 0.388. The molecule has 8 heteroatoms. The van der Waals surface area contributed by atoms with E-state index in [1.54, 1.807) is 16.8 Å². The maximum absolute atomic E-state index is 12.0. The second-order valence-electron chi connectivity index (χ2n) is 5.95. The van der Waals surface area contributed by atoms with E-state index in [1.807, 2.05) is 50.2 Å². The fourth-order valence-electron chi connectivity index (χ4n) is 2.46. The van der Waals surface area contributed by atoms with Crippen LogP contribution in [-0.2, 0) is 4.79 Å². The Morgan fingerprint density at radius 3 is 2.70 bits per heavy atom. The Bertz CT molecular complexity index is 1030. The van der Waals surface area contributed by atoms with Gasteiger partial charge in [-0.3, -0.25) is 9.20 Å². The van der Waals surface area contributed by atoms with Crippen molar-refractivity contribution in [3.05, 3.63) is 65.0 Å². The van der Waals surface area contributed by atoms with Crippen LogP contribution in [0.4, 0.5) is 0 Å². The van der Waals surface area contributed by atoms with Crippen molar-refractivity contribution in [3.8, 4) is 0 Å². The number of aromatic carboxylic acids is 1. The molecule has 0 bridgehead atoms. The predicted molar refractivity (Wildman–Crippen MR) is 105 cm³/mol. The van der Waals surface area contributed by atoms with Crippen LogP contribution in [-0.4, -0.2) is 38.3 Å². The lowest BCUT2D eigenvalue weighted by Crippen LogP contribution is -2.20. The van der Waals surface area contributed by atoms with Gasteiger partial charge in [0.25, 0.3) is 0 Å². The van der Waals surface area contributed by atoms with E-state index in [4.69, 9.17) is 0 Å². The van der Waals surface area contributed by atoms with Gasteiger partial charge in [0, 0.05) is 6.20 Å². The van der Waals surface area contributed by atoms with Crippen molar-refractivity contribution in [2.24, 2.45) is 5.10 Å². The number of pyridine rings is 1. The van der Waals surface area contributed by atoms with Gasteiger partial charge in [0.2, 0.25) is 5.91 Å².